The maximum atomic E-state index is 12.1. The predicted molar refractivity (Wildman–Crippen MR) is 98.4 cm³/mol. The molecule has 1 saturated heterocycles. The van der Waals surface area contributed by atoms with Crippen molar-refractivity contribution in [2.75, 3.05) is 46.5 Å². The fraction of sp³-hybridized carbons (Fsp3) is 0.625. The quantitative estimate of drug-likeness (QED) is 0.252. The first-order valence-electron chi connectivity index (χ1n) is 8.54. The molecular formula is C16H27N5O4S. The summed E-state index contributed by atoms with van der Waals surface area (Å²) in [4.78, 5) is 8.08. The number of pyridine rings is 1. The Morgan fingerprint density at radius 1 is 1.42 bits per heavy atom. The zero-order valence-electron chi connectivity index (χ0n) is 14.9. The number of aromatic nitrogens is 1. The fourth-order valence-corrected chi connectivity index (χ4v) is 3.75. The number of hydrogen-bond donors (Lipinski definition) is 4. The Bertz CT molecular complexity index is 675. The fourth-order valence-electron chi connectivity index (χ4n) is 2.76. The molecule has 146 valence electrons. The van der Waals surface area contributed by atoms with Crippen LogP contribution < -0.4 is 15.4 Å². The topological polar surface area (TPSA) is 125 Å². The molecule has 2 rings (SSSR count). The Balaban J connectivity index is 1.75. The van der Waals surface area contributed by atoms with E-state index in [0.717, 1.165) is 6.42 Å². The maximum absolute atomic E-state index is 12.1. The maximum Gasteiger partial charge on any atom is 0.242 e. The van der Waals surface area contributed by atoms with Gasteiger partial charge in [-0.2, -0.15) is 0 Å². The molecule has 2 heterocycles. The lowest BCUT2D eigenvalue weighted by atomic mass is 9.84. The van der Waals surface area contributed by atoms with Gasteiger partial charge in [-0.15, -0.1) is 0 Å². The van der Waals surface area contributed by atoms with Crippen LogP contribution in [0.15, 0.2) is 34.4 Å². The molecule has 0 aliphatic carbocycles. The second-order valence-electron chi connectivity index (χ2n) is 6.22. The van der Waals surface area contributed by atoms with Crippen LogP contribution in [0.4, 0.5) is 0 Å². The molecule has 0 radical (unpaired) electrons. The minimum atomic E-state index is -3.56. The lowest BCUT2D eigenvalue weighted by molar-refractivity contribution is 0.127. The summed E-state index contributed by atoms with van der Waals surface area (Å²) in [5.74, 6) is 0.579. The van der Waals surface area contributed by atoms with Gasteiger partial charge < -0.3 is 20.5 Å². The van der Waals surface area contributed by atoms with Crippen LogP contribution in [0.5, 0.6) is 0 Å². The Morgan fingerprint density at radius 2 is 2.27 bits per heavy atom. The lowest BCUT2D eigenvalue weighted by Gasteiger charge is -2.27. The molecule has 1 atom stereocenters. The summed E-state index contributed by atoms with van der Waals surface area (Å²) in [6.45, 7) is 2.65. The number of ether oxygens (including phenoxy) is 1. The largest absolute Gasteiger partial charge is 0.396 e. The van der Waals surface area contributed by atoms with Gasteiger partial charge in [0.25, 0.3) is 0 Å². The average molecular weight is 385 g/mol. The molecule has 0 spiro atoms. The molecule has 1 aliphatic heterocycles. The second kappa shape index (κ2) is 9.81. The second-order valence-corrected chi connectivity index (χ2v) is 7.98. The minimum Gasteiger partial charge on any atom is -0.396 e. The van der Waals surface area contributed by atoms with Crippen molar-refractivity contribution >= 4 is 16.0 Å². The first-order chi connectivity index (χ1) is 12.5. The Kier molecular flexibility index (Phi) is 7.76. The summed E-state index contributed by atoms with van der Waals surface area (Å²) in [5.41, 5.74) is -0.0890. The van der Waals surface area contributed by atoms with Crippen molar-refractivity contribution < 1.29 is 18.3 Å². The van der Waals surface area contributed by atoms with Gasteiger partial charge in [0, 0.05) is 57.7 Å². The molecule has 0 bridgehead atoms. The van der Waals surface area contributed by atoms with Gasteiger partial charge in [-0.1, -0.05) is 0 Å². The number of aliphatic imine (C=N–C) groups is 1. The van der Waals surface area contributed by atoms with E-state index in [0.29, 0.717) is 38.7 Å². The van der Waals surface area contributed by atoms with Crippen molar-refractivity contribution in [3.05, 3.63) is 24.5 Å². The van der Waals surface area contributed by atoms with Gasteiger partial charge >= 0.3 is 0 Å². The highest BCUT2D eigenvalue weighted by molar-refractivity contribution is 7.89. The summed E-state index contributed by atoms with van der Waals surface area (Å²) in [6.07, 6.45) is 4.39. The van der Waals surface area contributed by atoms with Crippen molar-refractivity contribution in [3.8, 4) is 0 Å². The highest BCUT2D eigenvalue weighted by Gasteiger charge is 2.34. The number of guanidine groups is 1. The van der Waals surface area contributed by atoms with Crippen molar-refractivity contribution in [3.63, 3.8) is 0 Å². The Morgan fingerprint density at radius 3 is 2.88 bits per heavy atom. The molecule has 0 aromatic carbocycles. The third-order valence-corrected chi connectivity index (χ3v) is 5.78. The van der Waals surface area contributed by atoms with E-state index >= 15 is 0 Å². The third-order valence-electron chi connectivity index (χ3n) is 4.34. The molecule has 0 amide bonds. The van der Waals surface area contributed by atoms with Crippen molar-refractivity contribution in [2.24, 2.45) is 10.4 Å². The molecule has 0 saturated carbocycles. The number of aliphatic hydroxyl groups excluding tert-OH is 1. The van der Waals surface area contributed by atoms with E-state index in [1.54, 1.807) is 13.1 Å². The Hall–Kier alpha value is -1.75. The van der Waals surface area contributed by atoms with Gasteiger partial charge in [0.05, 0.1) is 6.61 Å². The van der Waals surface area contributed by atoms with Crippen LogP contribution in [0, 0.1) is 5.41 Å². The van der Waals surface area contributed by atoms with Gasteiger partial charge in [0.1, 0.15) is 4.90 Å². The van der Waals surface area contributed by atoms with Crippen LogP contribution in [0.3, 0.4) is 0 Å². The molecule has 4 N–H and O–H groups in total. The van der Waals surface area contributed by atoms with E-state index in [9.17, 15) is 13.5 Å². The van der Waals surface area contributed by atoms with Gasteiger partial charge in [-0.05, 0) is 25.0 Å². The summed E-state index contributed by atoms with van der Waals surface area (Å²) in [7, 11) is -1.91. The van der Waals surface area contributed by atoms with Crippen LogP contribution in [-0.2, 0) is 14.8 Å². The number of aliphatic hydroxyl groups is 1. The number of nitrogens with one attached hydrogen (secondary N) is 3. The first-order valence-corrected chi connectivity index (χ1v) is 10.0. The number of nitrogens with zero attached hydrogens (tertiary/aromatic N) is 2. The van der Waals surface area contributed by atoms with Crippen molar-refractivity contribution in [1.82, 2.24) is 20.3 Å². The van der Waals surface area contributed by atoms with Gasteiger partial charge in [-0.25, -0.2) is 13.1 Å². The summed E-state index contributed by atoms with van der Waals surface area (Å²) in [5, 5.41) is 15.6. The van der Waals surface area contributed by atoms with E-state index in [-0.39, 0.29) is 23.5 Å². The number of hydrogen-bond acceptors (Lipinski definition) is 6. The lowest BCUT2D eigenvalue weighted by Crippen LogP contribution is -2.46. The van der Waals surface area contributed by atoms with Crippen LogP contribution in [0.2, 0.25) is 0 Å². The van der Waals surface area contributed by atoms with Gasteiger partial charge in [-0.3, -0.25) is 9.98 Å². The van der Waals surface area contributed by atoms with E-state index in [1.165, 1.54) is 18.5 Å². The predicted octanol–water partition coefficient (Wildman–Crippen LogP) is -0.686. The highest BCUT2D eigenvalue weighted by Crippen LogP contribution is 2.31. The zero-order chi connectivity index (χ0) is 18.9. The average Bonchev–Trinajstić information content (AvgIpc) is 3.11. The molecular weight excluding hydrogens is 358 g/mol. The Labute approximate surface area is 154 Å². The monoisotopic (exact) mass is 385 g/mol. The molecule has 26 heavy (non-hydrogen) atoms. The van der Waals surface area contributed by atoms with E-state index < -0.39 is 10.0 Å². The first kappa shape index (κ1) is 20.6. The van der Waals surface area contributed by atoms with Crippen LogP contribution >= 0.6 is 0 Å². The van der Waals surface area contributed by atoms with E-state index in [4.69, 9.17) is 4.74 Å². The molecule has 1 aromatic heterocycles. The molecule has 1 aliphatic rings. The van der Waals surface area contributed by atoms with Crippen LogP contribution in [0.1, 0.15) is 12.8 Å². The smallest absolute Gasteiger partial charge is 0.242 e. The molecule has 9 nitrogen and oxygen atoms in total. The number of sulfonamides is 1. The molecule has 10 heteroatoms. The molecule has 1 unspecified atom stereocenters. The van der Waals surface area contributed by atoms with Crippen LogP contribution in [-0.4, -0.2) is 71.0 Å². The molecule has 1 fully saturated rings. The van der Waals surface area contributed by atoms with Crippen molar-refractivity contribution in [2.45, 2.75) is 17.7 Å². The normalized spacial score (nSPS) is 20.9. The summed E-state index contributed by atoms with van der Waals surface area (Å²) in [6, 6.07) is 3.07. The van der Waals surface area contributed by atoms with E-state index in [2.05, 4.69) is 25.3 Å². The molecule has 1 aromatic rings. The van der Waals surface area contributed by atoms with Gasteiger partial charge in [0.2, 0.25) is 10.0 Å². The van der Waals surface area contributed by atoms with Crippen LogP contribution in [0.25, 0.3) is 0 Å². The number of rotatable bonds is 9. The SMILES string of the molecule is CN=C(NCCNS(=O)(=O)c1cccnc1)NCC1(CCO)CCOC1. The standard InChI is InChI=1S/C16H27N5O4S/c1-17-15(20-12-16(4-9-22)5-10-25-13-16)19-7-8-21-26(23,24)14-3-2-6-18-11-14/h2-3,6,11,21-22H,4-5,7-10,12-13H2,1H3,(H2,17,19,20). The van der Waals surface area contributed by atoms with E-state index in [1.807, 2.05) is 0 Å². The summed E-state index contributed by atoms with van der Waals surface area (Å²) < 4.78 is 32.2. The summed E-state index contributed by atoms with van der Waals surface area (Å²) >= 11 is 0. The van der Waals surface area contributed by atoms with Crippen molar-refractivity contribution in [1.29, 1.82) is 0 Å². The minimum absolute atomic E-state index is 0.0890. The zero-order valence-corrected chi connectivity index (χ0v) is 15.8. The highest BCUT2D eigenvalue weighted by atomic mass is 32.2. The van der Waals surface area contributed by atoms with Gasteiger partial charge in [0.15, 0.2) is 5.96 Å². The third kappa shape index (κ3) is 5.90.